The van der Waals surface area contributed by atoms with E-state index in [-0.39, 0.29) is 6.04 Å². The molecule has 0 amide bonds. The standard InChI is InChI=1S/C18H18BrNO2/c19-15-9-4-8-14(12-15)17(13-6-2-1-3-7-13)20-11-5-10-16(20)18(21)22/h1-4,6-9,12,16-17H,5,10-11H2,(H,21,22). The minimum atomic E-state index is -0.728. The van der Waals surface area contributed by atoms with Crippen molar-refractivity contribution in [1.29, 1.82) is 0 Å². The molecule has 3 rings (SSSR count). The average molecular weight is 360 g/mol. The number of likely N-dealkylation sites (tertiary alicyclic amines) is 1. The third-order valence-corrected chi connectivity index (χ3v) is 4.68. The highest BCUT2D eigenvalue weighted by molar-refractivity contribution is 9.10. The third-order valence-electron chi connectivity index (χ3n) is 4.19. The molecular formula is C18H18BrNO2. The van der Waals surface area contributed by atoms with Gasteiger partial charge in [0.15, 0.2) is 0 Å². The number of rotatable bonds is 4. The van der Waals surface area contributed by atoms with Crippen molar-refractivity contribution in [1.82, 2.24) is 4.90 Å². The van der Waals surface area contributed by atoms with Gasteiger partial charge in [-0.1, -0.05) is 58.4 Å². The van der Waals surface area contributed by atoms with Crippen LogP contribution >= 0.6 is 15.9 Å². The Balaban J connectivity index is 2.05. The van der Waals surface area contributed by atoms with Gasteiger partial charge in [-0.3, -0.25) is 9.69 Å². The number of hydrogen-bond acceptors (Lipinski definition) is 2. The fraction of sp³-hybridized carbons (Fsp3) is 0.278. The summed E-state index contributed by atoms with van der Waals surface area (Å²) in [4.78, 5) is 13.7. The van der Waals surface area contributed by atoms with Crippen molar-refractivity contribution in [2.24, 2.45) is 0 Å². The number of carboxylic acid groups (broad SMARTS) is 1. The second-order valence-corrected chi connectivity index (χ2v) is 6.52. The number of carboxylic acids is 1. The molecule has 2 aromatic carbocycles. The van der Waals surface area contributed by atoms with E-state index in [9.17, 15) is 9.90 Å². The van der Waals surface area contributed by atoms with Gasteiger partial charge in [-0.25, -0.2) is 0 Å². The first kappa shape index (κ1) is 15.3. The maximum absolute atomic E-state index is 11.6. The van der Waals surface area contributed by atoms with Gasteiger partial charge < -0.3 is 5.11 Å². The molecule has 1 aliphatic rings. The summed E-state index contributed by atoms with van der Waals surface area (Å²) in [6, 6.07) is 17.8. The quantitative estimate of drug-likeness (QED) is 0.893. The van der Waals surface area contributed by atoms with Gasteiger partial charge >= 0.3 is 5.97 Å². The molecule has 1 heterocycles. The van der Waals surface area contributed by atoms with E-state index in [1.54, 1.807) is 0 Å². The predicted octanol–water partition coefficient (Wildman–Crippen LogP) is 4.09. The number of halogens is 1. The van der Waals surface area contributed by atoms with Crippen molar-refractivity contribution in [2.75, 3.05) is 6.54 Å². The van der Waals surface area contributed by atoms with E-state index < -0.39 is 12.0 Å². The van der Waals surface area contributed by atoms with Crippen LogP contribution in [0.15, 0.2) is 59.1 Å². The van der Waals surface area contributed by atoms with Gasteiger partial charge in [0, 0.05) is 11.0 Å². The summed E-state index contributed by atoms with van der Waals surface area (Å²) in [7, 11) is 0. The van der Waals surface area contributed by atoms with E-state index in [1.165, 1.54) is 0 Å². The predicted molar refractivity (Wildman–Crippen MR) is 89.8 cm³/mol. The lowest BCUT2D eigenvalue weighted by Crippen LogP contribution is -2.39. The third kappa shape index (κ3) is 3.08. The molecule has 4 heteroatoms. The second-order valence-electron chi connectivity index (χ2n) is 5.60. The molecule has 0 saturated carbocycles. The highest BCUT2D eigenvalue weighted by atomic mass is 79.9. The van der Waals surface area contributed by atoms with Gasteiger partial charge in [0.05, 0.1) is 6.04 Å². The summed E-state index contributed by atoms with van der Waals surface area (Å²) in [5.41, 5.74) is 2.25. The van der Waals surface area contributed by atoms with E-state index >= 15 is 0 Å². The molecule has 0 bridgehead atoms. The summed E-state index contributed by atoms with van der Waals surface area (Å²) >= 11 is 3.52. The van der Waals surface area contributed by atoms with E-state index in [0.29, 0.717) is 6.42 Å². The Morgan fingerprint density at radius 2 is 1.86 bits per heavy atom. The van der Waals surface area contributed by atoms with Crippen molar-refractivity contribution < 1.29 is 9.90 Å². The molecule has 22 heavy (non-hydrogen) atoms. The smallest absolute Gasteiger partial charge is 0.320 e. The molecule has 2 aromatic rings. The lowest BCUT2D eigenvalue weighted by Gasteiger charge is -2.32. The van der Waals surface area contributed by atoms with Crippen LogP contribution in [0.3, 0.4) is 0 Å². The van der Waals surface area contributed by atoms with Gasteiger partial charge in [0.2, 0.25) is 0 Å². The molecule has 2 atom stereocenters. The minimum absolute atomic E-state index is 0.0256. The molecule has 1 N–H and O–H groups in total. The van der Waals surface area contributed by atoms with E-state index in [1.807, 2.05) is 30.3 Å². The number of nitrogens with zero attached hydrogens (tertiary/aromatic N) is 1. The molecule has 1 fully saturated rings. The van der Waals surface area contributed by atoms with Crippen LogP contribution in [0.4, 0.5) is 0 Å². The topological polar surface area (TPSA) is 40.5 Å². The van der Waals surface area contributed by atoms with Crippen LogP contribution in [-0.2, 0) is 4.79 Å². The molecule has 2 unspecified atom stereocenters. The molecule has 0 aromatic heterocycles. The van der Waals surface area contributed by atoms with Crippen molar-refractivity contribution in [3.63, 3.8) is 0 Å². The van der Waals surface area contributed by atoms with E-state index in [0.717, 1.165) is 28.6 Å². The molecule has 114 valence electrons. The van der Waals surface area contributed by atoms with Crippen LogP contribution in [0.1, 0.15) is 30.0 Å². The number of aliphatic carboxylic acids is 1. The molecular weight excluding hydrogens is 342 g/mol. The Labute approximate surface area is 138 Å². The SMILES string of the molecule is O=C(O)C1CCCN1C(c1ccccc1)c1cccc(Br)c1. The molecule has 0 spiro atoms. The van der Waals surface area contributed by atoms with Crippen molar-refractivity contribution in [3.8, 4) is 0 Å². The zero-order valence-corrected chi connectivity index (χ0v) is 13.7. The lowest BCUT2D eigenvalue weighted by molar-refractivity contribution is -0.142. The van der Waals surface area contributed by atoms with Crippen molar-refractivity contribution in [3.05, 3.63) is 70.2 Å². The zero-order chi connectivity index (χ0) is 15.5. The monoisotopic (exact) mass is 359 g/mol. The van der Waals surface area contributed by atoms with Gasteiger partial charge in [-0.05, 0) is 36.1 Å². The van der Waals surface area contributed by atoms with Crippen LogP contribution in [0.25, 0.3) is 0 Å². The van der Waals surface area contributed by atoms with Gasteiger partial charge in [0.25, 0.3) is 0 Å². The summed E-state index contributed by atoms with van der Waals surface area (Å²) < 4.78 is 1.01. The van der Waals surface area contributed by atoms with Crippen LogP contribution in [-0.4, -0.2) is 28.6 Å². The number of benzene rings is 2. The molecule has 1 saturated heterocycles. The maximum atomic E-state index is 11.6. The minimum Gasteiger partial charge on any atom is -0.480 e. The molecule has 3 nitrogen and oxygen atoms in total. The fourth-order valence-electron chi connectivity index (χ4n) is 3.25. The molecule has 0 radical (unpaired) electrons. The second kappa shape index (κ2) is 6.63. The number of carbonyl (C=O) groups is 1. The maximum Gasteiger partial charge on any atom is 0.320 e. The average Bonchev–Trinajstić information content (AvgIpc) is 2.98. The lowest BCUT2D eigenvalue weighted by atomic mass is 9.96. The Morgan fingerprint density at radius 1 is 1.14 bits per heavy atom. The normalized spacial score (nSPS) is 20.0. The summed E-state index contributed by atoms with van der Waals surface area (Å²) in [6.07, 6.45) is 1.64. The highest BCUT2D eigenvalue weighted by Crippen LogP contribution is 2.35. The Kier molecular flexibility index (Phi) is 4.60. The van der Waals surface area contributed by atoms with Gasteiger partial charge in [0.1, 0.15) is 6.04 Å². The Morgan fingerprint density at radius 3 is 2.55 bits per heavy atom. The first-order valence-corrected chi connectivity index (χ1v) is 8.25. The highest BCUT2D eigenvalue weighted by Gasteiger charge is 2.36. The Hall–Kier alpha value is -1.65. The van der Waals surface area contributed by atoms with Crippen LogP contribution in [0.2, 0.25) is 0 Å². The Bertz CT molecular complexity index is 659. The van der Waals surface area contributed by atoms with Gasteiger partial charge in [-0.2, -0.15) is 0 Å². The first-order valence-electron chi connectivity index (χ1n) is 7.46. The zero-order valence-electron chi connectivity index (χ0n) is 12.2. The summed E-state index contributed by atoms with van der Waals surface area (Å²) in [5.74, 6) is -0.728. The van der Waals surface area contributed by atoms with Crippen LogP contribution in [0.5, 0.6) is 0 Å². The first-order chi connectivity index (χ1) is 10.7. The summed E-state index contributed by atoms with van der Waals surface area (Å²) in [5, 5.41) is 9.53. The number of hydrogen-bond donors (Lipinski definition) is 1. The van der Waals surface area contributed by atoms with Crippen molar-refractivity contribution in [2.45, 2.75) is 24.9 Å². The molecule has 1 aliphatic heterocycles. The largest absolute Gasteiger partial charge is 0.480 e. The van der Waals surface area contributed by atoms with E-state index in [2.05, 4.69) is 45.1 Å². The van der Waals surface area contributed by atoms with E-state index in [4.69, 9.17) is 0 Å². The van der Waals surface area contributed by atoms with Crippen molar-refractivity contribution >= 4 is 21.9 Å². The summed E-state index contributed by atoms with van der Waals surface area (Å²) in [6.45, 7) is 0.809. The van der Waals surface area contributed by atoms with Crippen LogP contribution < -0.4 is 0 Å². The molecule has 0 aliphatic carbocycles. The van der Waals surface area contributed by atoms with Gasteiger partial charge in [-0.15, -0.1) is 0 Å². The van der Waals surface area contributed by atoms with Crippen LogP contribution in [0, 0.1) is 0 Å². The fourth-order valence-corrected chi connectivity index (χ4v) is 3.67.